The van der Waals surface area contributed by atoms with Crippen LogP contribution in [0.3, 0.4) is 0 Å². The summed E-state index contributed by atoms with van der Waals surface area (Å²) < 4.78 is 0. The maximum atomic E-state index is 11.4. The molecule has 0 heterocycles. The van der Waals surface area contributed by atoms with Gasteiger partial charge in [0.15, 0.2) is 5.78 Å². The van der Waals surface area contributed by atoms with Crippen LogP contribution in [0.25, 0.3) is 0 Å². The Hall–Kier alpha value is -0.540. The van der Waals surface area contributed by atoms with E-state index in [9.17, 15) is 4.79 Å². The third-order valence-corrected chi connectivity index (χ3v) is 2.32. The minimum Gasteiger partial charge on any atom is -0.399 e. The molecule has 0 spiro atoms. The second kappa shape index (κ2) is 4.63. The van der Waals surface area contributed by atoms with Gasteiger partial charge in [-0.2, -0.15) is 0 Å². The van der Waals surface area contributed by atoms with Crippen molar-refractivity contribution in [2.45, 2.75) is 6.42 Å². The van der Waals surface area contributed by atoms with E-state index in [1.54, 1.807) is 18.2 Å². The molecule has 2 N–H and O–H groups in total. The number of alkyl halides is 1. The molecule has 0 aromatic heterocycles. The van der Waals surface area contributed by atoms with E-state index in [4.69, 9.17) is 17.3 Å². The zero-order chi connectivity index (χ0) is 9.84. The Balaban J connectivity index is 2.95. The van der Waals surface area contributed by atoms with Gasteiger partial charge in [0.05, 0.1) is 5.02 Å². The molecule has 70 valence electrons. The average Bonchev–Trinajstić information content (AvgIpc) is 2.04. The quantitative estimate of drug-likeness (QED) is 0.517. The number of hydrogen-bond donors (Lipinski definition) is 1. The SMILES string of the molecule is Nc1ccc(C(=O)CCBr)c(Cl)c1. The Bertz CT molecular complexity index is 327. The van der Waals surface area contributed by atoms with Gasteiger partial charge in [-0.1, -0.05) is 27.5 Å². The number of anilines is 1. The monoisotopic (exact) mass is 261 g/mol. The predicted molar refractivity (Wildman–Crippen MR) is 58.6 cm³/mol. The van der Waals surface area contributed by atoms with Gasteiger partial charge in [-0.15, -0.1) is 0 Å². The summed E-state index contributed by atoms with van der Waals surface area (Å²) in [5.74, 6) is 0.0295. The maximum absolute atomic E-state index is 11.4. The number of carbonyl (C=O) groups excluding carboxylic acids is 1. The zero-order valence-corrected chi connectivity index (χ0v) is 9.23. The van der Waals surface area contributed by atoms with Crippen LogP contribution >= 0.6 is 27.5 Å². The van der Waals surface area contributed by atoms with Gasteiger partial charge in [0.25, 0.3) is 0 Å². The van der Waals surface area contributed by atoms with Crippen molar-refractivity contribution in [2.75, 3.05) is 11.1 Å². The largest absolute Gasteiger partial charge is 0.399 e. The maximum Gasteiger partial charge on any atom is 0.165 e. The van der Waals surface area contributed by atoms with E-state index in [0.29, 0.717) is 28.0 Å². The number of ketones is 1. The summed E-state index contributed by atoms with van der Waals surface area (Å²) in [5, 5.41) is 1.07. The molecule has 0 unspecified atom stereocenters. The fourth-order valence-corrected chi connectivity index (χ4v) is 1.63. The number of halogens is 2. The van der Waals surface area contributed by atoms with Crippen LogP contribution in [0.15, 0.2) is 18.2 Å². The summed E-state index contributed by atoms with van der Waals surface area (Å²) >= 11 is 9.04. The molecule has 4 heteroatoms. The second-order valence-electron chi connectivity index (χ2n) is 2.60. The summed E-state index contributed by atoms with van der Waals surface area (Å²) in [6.45, 7) is 0. The van der Waals surface area contributed by atoms with Gasteiger partial charge in [-0.3, -0.25) is 4.79 Å². The van der Waals surface area contributed by atoms with Crippen molar-refractivity contribution in [3.8, 4) is 0 Å². The van der Waals surface area contributed by atoms with Crippen molar-refractivity contribution in [2.24, 2.45) is 0 Å². The first-order valence-corrected chi connectivity index (χ1v) is 5.29. The summed E-state index contributed by atoms with van der Waals surface area (Å²) in [7, 11) is 0. The van der Waals surface area contributed by atoms with Crippen molar-refractivity contribution in [1.29, 1.82) is 0 Å². The molecule has 1 aromatic carbocycles. The average molecular weight is 263 g/mol. The normalized spacial score (nSPS) is 10.0. The van der Waals surface area contributed by atoms with Gasteiger partial charge in [0.2, 0.25) is 0 Å². The number of nitrogens with two attached hydrogens (primary N) is 1. The fourth-order valence-electron chi connectivity index (χ4n) is 0.978. The van der Waals surface area contributed by atoms with Crippen LogP contribution in [0.5, 0.6) is 0 Å². The van der Waals surface area contributed by atoms with Gasteiger partial charge in [-0.25, -0.2) is 0 Å². The van der Waals surface area contributed by atoms with Gasteiger partial charge < -0.3 is 5.73 Å². The van der Waals surface area contributed by atoms with Crippen molar-refractivity contribution in [3.05, 3.63) is 28.8 Å². The Labute approximate surface area is 90.2 Å². The molecule has 0 atom stereocenters. The molecule has 13 heavy (non-hydrogen) atoms. The van der Waals surface area contributed by atoms with Crippen molar-refractivity contribution in [1.82, 2.24) is 0 Å². The second-order valence-corrected chi connectivity index (χ2v) is 3.80. The highest BCUT2D eigenvalue weighted by Crippen LogP contribution is 2.20. The number of benzene rings is 1. The van der Waals surface area contributed by atoms with Crippen LogP contribution in [0.4, 0.5) is 5.69 Å². The van der Waals surface area contributed by atoms with Crippen molar-refractivity contribution < 1.29 is 4.79 Å². The Morgan fingerprint density at radius 1 is 1.54 bits per heavy atom. The van der Waals surface area contributed by atoms with E-state index in [1.807, 2.05) is 0 Å². The minimum atomic E-state index is 0.0295. The molecule has 0 saturated heterocycles. The topological polar surface area (TPSA) is 43.1 Å². The number of Topliss-reactive ketones (excluding diaryl/α,β-unsaturated/α-hetero) is 1. The Morgan fingerprint density at radius 3 is 2.77 bits per heavy atom. The molecule has 0 saturated carbocycles. The molecule has 0 amide bonds. The van der Waals surface area contributed by atoms with Gasteiger partial charge in [0, 0.05) is 23.0 Å². The molecule has 0 aliphatic rings. The van der Waals surface area contributed by atoms with Crippen LogP contribution in [0.1, 0.15) is 16.8 Å². The van der Waals surface area contributed by atoms with Gasteiger partial charge in [0.1, 0.15) is 0 Å². The highest BCUT2D eigenvalue weighted by atomic mass is 79.9. The minimum absolute atomic E-state index is 0.0295. The van der Waals surface area contributed by atoms with Crippen LogP contribution < -0.4 is 5.73 Å². The lowest BCUT2D eigenvalue weighted by atomic mass is 10.1. The molecule has 0 fully saturated rings. The highest BCUT2D eigenvalue weighted by molar-refractivity contribution is 9.09. The lowest BCUT2D eigenvalue weighted by Crippen LogP contribution is -2.01. The van der Waals surface area contributed by atoms with E-state index >= 15 is 0 Å². The van der Waals surface area contributed by atoms with Crippen LogP contribution in [0, 0.1) is 0 Å². The molecule has 0 aliphatic carbocycles. The molecule has 0 bridgehead atoms. The third-order valence-electron chi connectivity index (χ3n) is 1.62. The Kier molecular flexibility index (Phi) is 3.75. The molecule has 1 aromatic rings. The van der Waals surface area contributed by atoms with E-state index < -0.39 is 0 Å². The molecular weight excluding hydrogens is 253 g/mol. The van der Waals surface area contributed by atoms with Crippen LogP contribution in [-0.2, 0) is 0 Å². The number of rotatable bonds is 3. The first-order valence-electron chi connectivity index (χ1n) is 3.79. The molecule has 0 aliphatic heterocycles. The predicted octanol–water partition coefficient (Wildman–Crippen LogP) is 2.89. The van der Waals surface area contributed by atoms with E-state index in [-0.39, 0.29) is 5.78 Å². The standard InChI is InChI=1S/C9H9BrClNO/c10-4-3-9(13)7-2-1-6(12)5-8(7)11/h1-2,5H,3-4,12H2. The Morgan fingerprint density at radius 2 is 2.23 bits per heavy atom. The lowest BCUT2D eigenvalue weighted by Gasteiger charge is -2.02. The smallest absolute Gasteiger partial charge is 0.165 e. The number of carbonyl (C=O) groups is 1. The number of hydrogen-bond acceptors (Lipinski definition) is 2. The van der Waals surface area contributed by atoms with E-state index in [1.165, 1.54) is 0 Å². The number of nitrogen functional groups attached to an aromatic ring is 1. The molecular formula is C9H9BrClNO. The fraction of sp³-hybridized carbons (Fsp3) is 0.222. The van der Waals surface area contributed by atoms with E-state index in [2.05, 4.69) is 15.9 Å². The van der Waals surface area contributed by atoms with Crippen LogP contribution in [-0.4, -0.2) is 11.1 Å². The zero-order valence-electron chi connectivity index (χ0n) is 6.89. The molecule has 0 radical (unpaired) electrons. The summed E-state index contributed by atoms with van der Waals surface area (Å²) in [5.41, 5.74) is 6.60. The molecule has 2 nitrogen and oxygen atoms in total. The lowest BCUT2D eigenvalue weighted by molar-refractivity contribution is 0.0990. The van der Waals surface area contributed by atoms with Crippen molar-refractivity contribution in [3.63, 3.8) is 0 Å². The summed E-state index contributed by atoms with van der Waals surface area (Å²) in [6, 6.07) is 4.92. The van der Waals surface area contributed by atoms with Crippen molar-refractivity contribution >= 4 is 39.0 Å². The summed E-state index contributed by atoms with van der Waals surface area (Å²) in [4.78, 5) is 11.4. The van der Waals surface area contributed by atoms with E-state index in [0.717, 1.165) is 0 Å². The first-order chi connectivity index (χ1) is 6.15. The third kappa shape index (κ3) is 2.71. The molecule has 1 rings (SSSR count). The highest BCUT2D eigenvalue weighted by Gasteiger charge is 2.08. The van der Waals surface area contributed by atoms with Gasteiger partial charge >= 0.3 is 0 Å². The summed E-state index contributed by atoms with van der Waals surface area (Å²) in [6.07, 6.45) is 0.448. The van der Waals surface area contributed by atoms with Gasteiger partial charge in [-0.05, 0) is 18.2 Å². The first kappa shape index (κ1) is 10.5. The van der Waals surface area contributed by atoms with Crippen LogP contribution in [0.2, 0.25) is 5.02 Å².